The van der Waals surface area contributed by atoms with Crippen molar-refractivity contribution in [3.8, 4) is 0 Å². The number of benzene rings is 1. The Bertz CT molecular complexity index is 994. The van der Waals surface area contributed by atoms with E-state index in [-0.39, 0.29) is 18.1 Å². The molecule has 28 heavy (non-hydrogen) atoms. The number of hydrogen-bond donors (Lipinski definition) is 0. The van der Waals surface area contributed by atoms with Gasteiger partial charge in [-0.05, 0) is 42.5 Å². The van der Waals surface area contributed by atoms with Gasteiger partial charge in [0.1, 0.15) is 11.5 Å². The lowest BCUT2D eigenvalue weighted by molar-refractivity contribution is -0.132. The molecular weight excluding hydrogens is 377 g/mol. The van der Waals surface area contributed by atoms with E-state index in [1.807, 2.05) is 15.4 Å². The van der Waals surface area contributed by atoms with Gasteiger partial charge in [0.25, 0.3) is 0 Å². The predicted octanol–water partition coefficient (Wildman–Crippen LogP) is 4.91. The van der Waals surface area contributed by atoms with Crippen molar-refractivity contribution in [1.29, 1.82) is 0 Å². The van der Waals surface area contributed by atoms with Gasteiger partial charge in [-0.2, -0.15) is 0 Å². The molecule has 1 amide bonds. The predicted molar refractivity (Wildman–Crippen MR) is 108 cm³/mol. The molecule has 3 heterocycles. The Hall–Kier alpha value is -2.40. The molecule has 1 atom stereocenters. The molecule has 0 radical (unpaired) electrons. The van der Waals surface area contributed by atoms with Crippen LogP contribution in [0.2, 0.25) is 5.02 Å². The lowest BCUT2D eigenvalue weighted by Crippen LogP contribution is -2.38. The van der Waals surface area contributed by atoms with Crippen molar-refractivity contribution in [3.05, 3.63) is 70.9 Å². The number of rotatable bonds is 4. The topological polar surface area (TPSA) is 37.6 Å². The molecule has 0 bridgehead atoms. The Morgan fingerprint density at radius 2 is 2.00 bits per heavy atom. The molecule has 4 nitrogen and oxygen atoms in total. The lowest BCUT2D eigenvalue weighted by atomic mass is 9.91. The van der Waals surface area contributed by atoms with Crippen LogP contribution in [0.4, 0.5) is 4.39 Å². The van der Waals surface area contributed by atoms with Crippen LogP contribution in [0.25, 0.3) is 5.65 Å². The van der Waals surface area contributed by atoms with Crippen molar-refractivity contribution < 1.29 is 9.18 Å². The second-order valence-electron chi connectivity index (χ2n) is 7.60. The van der Waals surface area contributed by atoms with Gasteiger partial charge in [0.15, 0.2) is 0 Å². The van der Waals surface area contributed by atoms with E-state index in [0.29, 0.717) is 16.5 Å². The average molecular weight is 400 g/mol. The number of likely N-dealkylation sites (tertiary alicyclic amines) is 1. The fraction of sp³-hybridized carbons (Fsp3) is 0.364. The van der Waals surface area contributed by atoms with E-state index < -0.39 is 5.92 Å². The van der Waals surface area contributed by atoms with E-state index in [9.17, 15) is 9.18 Å². The minimum atomic E-state index is -0.429. The fourth-order valence-corrected chi connectivity index (χ4v) is 4.09. The first-order chi connectivity index (χ1) is 13.5. The number of aromatic nitrogens is 2. The van der Waals surface area contributed by atoms with Gasteiger partial charge >= 0.3 is 0 Å². The summed E-state index contributed by atoms with van der Waals surface area (Å²) in [6.45, 7) is 3.75. The summed E-state index contributed by atoms with van der Waals surface area (Å²) in [5.74, 6) is -0.0458. The molecule has 4 rings (SSSR count). The maximum atomic E-state index is 14.7. The third kappa shape index (κ3) is 3.76. The number of nitrogens with zero attached hydrogens (tertiary/aromatic N) is 3. The number of hydrogen-bond acceptors (Lipinski definition) is 2. The molecule has 0 spiro atoms. The van der Waals surface area contributed by atoms with Crippen molar-refractivity contribution in [2.75, 3.05) is 13.1 Å². The molecule has 1 aliphatic heterocycles. The first kappa shape index (κ1) is 18.9. The van der Waals surface area contributed by atoms with Crippen LogP contribution in [-0.4, -0.2) is 33.3 Å². The smallest absolute Gasteiger partial charge is 0.223 e. The van der Waals surface area contributed by atoms with Crippen LogP contribution < -0.4 is 0 Å². The number of imidazole rings is 1. The maximum absolute atomic E-state index is 14.7. The van der Waals surface area contributed by atoms with Gasteiger partial charge in [0.2, 0.25) is 5.91 Å². The Labute approximate surface area is 168 Å². The summed E-state index contributed by atoms with van der Waals surface area (Å²) in [6.07, 6.45) is 5.71. The second kappa shape index (κ2) is 7.92. The molecule has 1 saturated heterocycles. The Balaban J connectivity index is 1.71. The van der Waals surface area contributed by atoms with Crippen LogP contribution >= 0.6 is 11.6 Å². The van der Waals surface area contributed by atoms with Crippen LogP contribution in [0.3, 0.4) is 0 Å². The lowest BCUT2D eigenvalue weighted by Gasteiger charge is -2.31. The number of amides is 1. The molecule has 3 aromatic rings. The number of fused-ring (bicyclic) bond motifs is 1. The zero-order valence-electron chi connectivity index (χ0n) is 15.8. The second-order valence-corrected chi connectivity index (χ2v) is 8.04. The molecule has 0 saturated carbocycles. The van der Waals surface area contributed by atoms with E-state index in [4.69, 9.17) is 11.6 Å². The van der Waals surface area contributed by atoms with Crippen LogP contribution in [0.5, 0.6) is 0 Å². The van der Waals surface area contributed by atoms with E-state index in [2.05, 4.69) is 11.9 Å². The number of pyridine rings is 1. The molecule has 1 aliphatic rings. The van der Waals surface area contributed by atoms with Crippen molar-refractivity contribution in [1.82, 2.24) is 14.3 Å². The van der Waals surface area contributed by atoms with Gasteiger partial charge in [-0.3, -0.25) is 4.79 Å². The summed E-state index contributed by atoms with van der Waals surface area (Å²) in [7, 11) is 0. The highest BCUT2D eigenvalue weighted by molar-refractivity contribution is 6.30. The van der Waals surface area contributed by atoms with E-state index in [0.717, 1.165) is 37.3 Å². The third-order valence-electron chi connectivity index (χ3n) is 5.65. The normalized spacial score (nSPS) is 16.5. The quantitative estimate of drug-likeness (QED) is 0.625. The van der Waals surface area contributed by atoms with Crippen molar-refractivity contribution in [2.45, 2.75) is 32.1 Å². The van der Waals surface area contributed by atoms with Gasteiger partial charge in [-0.1, -0.05) is 36.7 Å². The molecule has 0 aliphatic carbocycles. The molecule has 0 N–H and O–H groups in total. The zero-order valence-corrected chi connectivity index (χ0v) is 16.6. The Kier molecular flexibility index (Phi) is 5.36. The van der Waals surface area contributed by atoms with Gasteiger partial charge in [0, 0.05) is 37.8 Å². The number of carbonyl (C=O) groups is 1. The highest BCUT2D eigenvalue weighted by atomic mass is 35.5. The molecule has 1 aromatic carbocycles. The van der Waals surface area contributed by atoms with Gasteiger partial charge < -0.3 is 9.30 Å². The zero-order chi connectivity index (χ0) is 19.7. The summed E-state index contributed by atoms with van der Waals surface area (Å²) >= 11 is 6.17. The van der Waals surface area contributed by atoms with Crippen LogP contribution in [0, 0.1) is 11.7 Å². The van der Waals surface area contributed by atoms with Gasteiger partial charge in [-0.25, -0.2) is 9.37 Å². The largest absolute Gasteiger partial charge is 0.343 e. The SMILES string of the molecule is CC1CCN(C(=O)CC(c2ccccc2F)c2cnc3ccc(Cl)cn23)CC1. The van der Waals surface area contributed by atoms with Crippen molar-refractivity contribution in [2.24, 2.45) is 5.92 Å². The molecular formula is C22H23ClFN3O. The minimum Gasteiger partial charge on any atom is -0.343 e. The average Bonchev–Trinajstić information content (AvgIpc) is 3.10. The summed E-state index contributed by atoms with van der Waals surface area (Å²) in [6, 6.07) is 10.2. The molecule has 146 valence electrons. The van der Waals surface area contributed by atoms with Crippen LogP contribution in [0.1, 0.15) is 43.4 Å². The molecule has 6 heteroatoms. The number of piperidine rings is 1. The first-order valence-corrected chi connectivity index (χ1v) is 10.1. The Morgan fingerprint density at radius 1 is 1.25 bits per heavy atom. The molecule has 1 unspecified atom stereocenters. The summed E-state index contributed by atoms with van der Waals surface area (Å²) in [5.41, 5.74) is 1.99. The van der Waals surface area contributed by atoms with Crippen molar-refractivity contribution >= 4 is 23.2 Å². The van der Waals surface area contributed by atoms with E-state index in [1.165, 1.54) is 6.07 Å². The summed E-state index contributed by atoms with van der Waals surface area (Å²) in [5, 5.41) is 0.565. The van der Waals surface area contributed by atoms with Crippen LogP contribution in [0.15, 0.2) is 48.8 Å². The van der Waals surface area contributed by atoms with E-state index >= 15 is 0 Å². The van der Waals surface area contributed by atoms with Gasteiger partial charge in [-0.15, -0.1) is 0 Å². The highest BCUT2D eigenvalue weighted by Crippen LogP contribution is 2.32. The number of carbonyl (C=O) groups excluding carboxylic acids is 1. The third-order valence-corrected chi connectivity index (χ3v) is 5.87. The standard InChI is InChI=1S/C22H23ClFN3O/c1-15-8-10-26(11-9-15)22(28)12-18(17-4-2-3-5-19(17)24)20-13-25-21-7-6-16(23)14-27(20)21/h2-7,13-15,18H,8-12H2,1H3. The summed E-state index contributed by atoms with van der Waals surface area (Å²) in [4.78, 5) is 19.4. The first-order valence-electron chi connectivity index (χ1n) is 9.67. The molecule has 1 fully saturated rings. The molecule has 2 aromatic heterocycles. The summed E-state index contributed by atoms with van der Waals surface area (Å²) < 4.78 is 16.5. The monoisotopic (exact) mass is 399 g/mol. The van der Waals surface area contributed by atoms with E-state index in [1.54, 1.807) is 36.7 Å². The van der Waals surface area contributed by atoms with Crippen LogP contribution in [-0.2, 0) is 4.79 Å². The van der Waals surface area contributed by atoms with Crippen molar-refractivity contribution in [3.63, 3.8) is 0 Å². The van der Waals surface area contributed by atoms with Gasteiger partial charge in [0.05, 0.1) is 10.7 Å². The minimum absolute atomic E-state index is 0.0529. The number of halogens is 2. The highest BCUT2D eigenvalue weighted by Gasteiger charge is 2.28. The Morgan fingerprint density at radius 3 is 2.75 bits per heavy atom. The fourth-order valence-electron chi connectivity index (χ4n) is 3.92. The maximum Gasteiger partial charge on any atom is 0.223 e.